The Morgan fingerprint density at radius 1 is 1.09 bits per heavy atom. The number of rotatable bonds is 2. The molecular formula is C19H34O3. The Hall–Kier alpha value is -0.120. The van der Waals surface area contributed by atoms with E-state index in [1.165, 1.54) is 25.7 Å². The van der Waals surface area contributed by atoms with E-state index in [9.17, 15) is 0 Å². The average molecular weight is 310 g/mol. The van der Waals surface area contributed by atoms with Crippen LogP contribution in [0.5, 0.6) is 0 Å². The number of methoxy groups -OCH3 is 1. The molecule has 3 heteroatoms. The van der Waals surface area contributed by atoms with Crippen molar-refractivity contribution in [3.63, 3.8) is 0 Å². The summed E-state index contributed by atoms with van der Waals surface area (Å²) in [6.07, 6.45) is 5.45. The molecule has 128 valence electrons. The summed E-state index contributed by atoms with van der Waals surface area (Å²) in [5.74, 6) is 1.65. The second-order valence-electron chi connectivity index (χ2n) is 9.00. The quantitative estimate of drug-likeness (QED) is 0.763. The molecular weight excluding hydrogens is 276 g/mol. The van der Waals surface area contributed by atoms with E-state index in [-0.39, 0.29) is 6.10 Å². The van der Waals surface area contributed by atoms with Crippen LogP contribution in [0.15, 0.2) is 0 Å². The molecule has 0 amide bonds. The first-order valence-electron chi connectivity index (χ1n) is 9.04. The van der Waals surface area contributed by atoms with Gasteiger partial charge in [-0.2, -0.15) is 0 Å². The molecule has 3 rings (SSSR count). The Bertz CT molecular complexity index is 421. The van der Waals surface area contributed by atoms with Gasteiger partial charge >= 0.3 is 0 Å². The summed E-state index contributed by atoms with van der Waals surface area (Å²) in [6.45, 7) is 13.0. The second-order valence-corrected chi connectivity index (χ2v) is 9.00. The molecule has 3 aliphatic rings. The fourth-order valence-corrected chi connectivity index (χ4v) is 6.15. The predicted octanol–water partition coefficient (Wildman–Crippen LogP) is 4.25. The van der Waals surface area contributed by atoms with E-state index in [1.807, 2.05) is 6.92 Å². The van der Waals surface area contributed by atoms with Crippen LogP contribution in [0.3, 0.4) is 0 Å². The second kappa shape index (κ2) is 5.46. The van der Waals surface area contributed by atoms with Gasteiger partial charge in [-0.15, -0.1) is 0 Å². The molecule has 1 saturated heterocycles. The first kappa shape index (κ1) is 16.7. The number of hydrogen-bond donors (Lipinski definition) is 0. The van der Waals surface area contributed by atoms with Crippen LogP contribution in [-0.2, 0) is 14.2 Å². The van der Waals surface area contributed by atoms with Gasteiger partial charge in [0.25, 0.3) is 0 Å². The number of fused-ring (bicyclic) bond motifs is 1. The van der Waals surface area contributed by atoms with Gasteiger partial charge in [0.1, 0.15) is 0 Å². The molecule has 2 bridgehead atoms. The van der Waals surface area contributed by atoms with Crippen LogP contribution in [0.25, 0.3) is 0 Å². The molecule has 0 radical (unpaired) electrons. The van der Waals surface area contributed by atoms with Crippen molar-refractivity contribution in [3.8, 4) is 0 Å². The maximum Gasteiger partial charge on any atom is 0.189 e. The summed E-state index contributed by atoms with van der Waals surface area (Å²) >= 11 is 0. The van der Waals surface area contributed by atoms with Crippen LogP contribution in [-0.4, -0.2) is 32.2 Å². The highest BCUT2D eigenvalue weighted by molar-refractivity contribution is 5.11. The highest BCUT2D eigenvalue weighted by Gasteiger charge is 2.62. The molecule has 1 aliphatic heterocycles. The van der Waals surface area contributed by atoms with Crippen molar-refractivity contribution in [1.82, 2.24) is 0 Å². The lowest BCUT2D eigenvalue weighted by molar-refractivity contribution is -0.274. The van der Waals surface area contributed by atoms with Crippen LogP contribution < -0.4 is 0 Å². The summed E-state index contributed by atoms with van der Waals surface area (Å²) < 4.78 is 18.0. The van der Waals surface area contributed by atoms with Crippen LogP contribution >= 0.6 is 0 Å². The monoisotopic (exact) mass is 310 g/mol. The van der Waals surface area contributed by atoms with Crippen molar-refractivity contribution in [2.45, 2.75) is 72.2 Å². The molecule has 0 N–H and O–H groups in total. The number of ether oxygens (including phenoxy) is 3. The maximum absolute atomic E-state index is 6.32. The Balaban J connectivity index is 1.93. The summed E-state index contributed by atoms with van der Waals surface area (Å²) in [5.41, 5.74) is 0.824. The maximum atomic E-state index is 6.32. The van der Waals surface area contributed by atoms with Gasteiger partial charge in [-0.3, -0.25) is 0 Å². The average Bonchev–Trinajstić information content (AvgIpc) is 2.83. The van der Waals surface area contributed by atoms with Crippen molar-refractivity contribution >= 4 is 0 Å². The van der Waals surface area contributed by atoms with E-state index in [0.717, 1.165) is 18.4 Å². The minimum Gasteiger partial charge on any atom is -0.379 e. The van der Waals surface area contributed by atoms with Crippen molar-refractivity contribution in [1.29, 1.82) is 0 Å². The Morgan fingerprint density at radius 3 is 2.50 bits per heavy atom. The molecule has 2 saturated carbocycles. The molecule has 3 nitrogen and oxygen atoms in total. The number of hydrogen-bond acceptors (Lipinski definition) is 3. The highest BCUT2D eigenvalue weighted by Crippen LogP contribution is 2.68. The van der Waals surface area contributed by atoms with E-state index in [2.05, 4.69) is 27.7 Å². The van der Waals surface area contributed by atoms with Gasteiger partial charge in [0.05, 0.1) is 19.3 Å². The Kier molecular flexibility index (Phi) is 4.15. The summed E-state index contributed by atoms with van der Waals surface area (Å²) in [5, 5.41) is 0. The zero-order valence-electron chi connectivity index (χ0n) is 15.3. The third kappa shape index (κ3) is 2.44. The Labute approximate surface area is 136 Å². The lowest BCUT2D eigenvalue weighted by Crippen LogP contribution is -2.44. The molecule has 1 heterocycles. The van der Waals surface area contributed by atoms with Gasteiger partial charge in [-0.1, -0.05) is 20.8 Å². The van der Waals surface area contributed by atoms with Gasteiger partial charge < -0.3 is 14.2 Å². The van der Waals surface area contributed by atoms with Crippen molar-refractivity contribution in [3.05, 3.63) is 0 Å². The third-order valence-electron chi connectivity index (χ3n) is 7.25. The molecule has 0 aromatic carbocycles. The molecule has 2 aliphatic carbocycles. The smallest absolute Gasteiger partial charge is 0.189 e. The van der Waals surface area contributed by atoms with Crippen LogP contribution in [0.2, 0.25) is 0 Å². The van der Waals surface area contributed by atoms with E-state index in [0.29, 0.717) is 23.4 Å². The summed E-state index contributed by atoms with van der Waals surface area (Å²) in [4.78, 5) is 0. The topological polar surface area (TPSA) is 27.7 Å². The third-order valence-corrected chi connectivity index (χ3v) is 7.25. The molecule has 1 spiro atoms. The minimum atomic E-state index is -0.608. The SMILES string of the molecule is COC[C@@]1(C)OC[C@@H]2C[C@@]3(C[C@@H](C)O1)[C@H](C)CC[C@H]3C2(C)C. The van der Waals surface area contributed by atoms with E-state index in [4.69, 9.17) is 14.2 Å². The summed E-state index contributed by atoms with van der Waals surface area (Å²) in [7, 11) is 1.72. The van der Waals surface area contributed by atoms with Crippen LogP contribution in [0.1, 0.15) is 60.3 Å². The molecule has 22 heavy (non-hydrogen) atoms. The molecule has 0 aromatic rings. The van der Waals surface area contributed by atoms with Gasteiger partial charge in [0, 0.05) is 7.11 Å². The summed E-state index contributed by atoms with van der Waals surface area (Å²) in [6, 6.07) is 0. The first-order chi connectivity index (χ1) is 10.2. The van der Waals surface area contributed by atoms with Gasteiger partial charge in [0.2, 0.25) is 0 Å². The molecule has 0 aromatic heterocycles. The minimum absolute atomic E-state index is 0.218. The lowest BCUT2D eigenvalue weighted by atomic mass is 9.66. The molecule has 3 fully saturated rings. The van der Waals surface area contributed by atoms with Crippen molar-refractivity contribution in [2.75, 3.05) is 20.3 Å². The molecule has 6 atom stereocenters. The van der Waals surface area contributed by atoms with Crippen molar-refractivity contribution < 1.29 is 14.2 Å². The van der Waals surface area contributed by atoms with Crippen molar-refractivity contribution in [2.24, 2.45) is 28.6 Å². The zero-order valence-corrected chi connectivity index (χ0v) is 15.3. The Morgan fingerprint density at radius 2 is 1.82 bits per heavy atom. The van der Waals surface area contributed by atoms with Gasteiger partial charge in [-0.25, -0.2) is 0 Å². The zero-order chi connectivity index (χ0) is 16.2. The van der Waals surface area contributed by atoms with E-state index >= 15 is 0 Å². The highest BCUT2D eigenvalue weighted by atomic mass is 16.7. The largest absolute Gasteiger partial charge is 0.379 e. The van der Waals surface area contributed by atoms with Crippen LogP contribution in [0, 0.1) is 28.6 Å². The first-order valence-corrected chi connectivity index (χ1v) is 9.04. The normalized spacial score (nSPS) is 51.0. The predicted molar refractivity (Wildman–Crippen MR) is 87.6 cm³/mol. The van der Waals surface area contributed by atoms with E-state index < -0.39 is 5.79 Å². The van der Waals surface area contributed by atoms with Crippen LogP contribution in [0.4, 0.5) is 0 Å². The molecule has 0 unspecified atom stereocenters. The fraction of sp³-hybridized carbons (Fsp3) is 1.00. The van der Waals surface area contributed by atoms with Gasteiger partial charge in [0.15, 0.2) is 5.79 Å². The lowest BCUT2D eigenvalue weighted by Gasteiger charge is -2.42. The van der Waals surface area contributed by atoms with Gasteiger partial charge in [-0.05, 0) is 68.1 Å². The van der Waals surface area contributed by atoms with E-state index in [1.54, 1.807) is 7.11 Å². The fourth-order valence-electron chi connectivity index (χ4n) is 6.15. The standard InChI is InChI=1S/C19H34O3/c1-13-7-8-16-17(3,4)15-10-19(13,16)9-14(2)22-18(5,12-20-6)21-11-15/h13-16H,7-12H2,1-6H3/t13-,14-,15+,16+,18+,19+/m1/s1.